The Morgan fingerprint density at radius 3 is 2.66 bits per heavy atom. The molecule has 0 spiro atoms. The summed E-state index contributed by atoms with van der Waals surface area (Å²) >= 11 is 1.67. The molecule has 0 amide bonds. The van der Waals surface area contributed by atoms with Gasteiger partial charge in [-0.05, 0) is 67.7 Å². The first-order chi connectivity index (χ1) is 19.9. The highest BCUT2D eigenvalue weighted by molar-refractivity contribution is 7.16. The topological polar surface area (TPSA) is 92.5 Å². The lowest BCUT2D eigenvalue weighted by atomic mass is 9.83. The normalized spacial score (nSPS) is 12.8. The molecule has 8 heteroatoms. The zero-order valence-corrected chi connectivity index (χ0v) is 23.7. The van der Waals surface area contributed by atoms with Crippen molar-refractivity contribution in [1.29, 1.82) is 0 Å². The summed E-state index contributed by atoms with van der Waals surface area (Å²) in [5.41, 5.74) is 13.3. The summed E-state index contributed by atoms with van der Waals surface area (Å²) in [4.78, 5) is 19.0. The fraction of sp³-hybridized carbons (Fsp3) is 0.182. The van der Waals surface area contributed by atoms with E-state index in [4.69, 9.17) is 5.73 Å². The number of terminal acetylenes is 1. The molecule has 0 aliphatic heterocycles. The molecule has 41 heavy (non-hydrogen) atoms. The number of aromatic amines is 1. The molecule has 1 aliphatic rings. The van der Waals surface area contributed by atoms with Gasteiger partial charge >= 0.3 is 0 Å². The second kappa shape index (κ2) is 11.8. The molecule has 5 aromatic rings. The van der Waals surface area contributed by atoms with Crippen molar-refractivity contribution < 1.29 is 4.39 Å². The molecule has 6 rings (SSSR count). The maximum absolute atomic E-state index is 16.0. The minimum atomic E-state index is -0.384. The van der Waals surface area contributed by atoms with Crippen molar-refractivity contribution >= 4 is 39.4 Å². The van der Waals surface area contributed by atoms with Gasteiger partial charge in [-0.25, -0.2) is 14.4 Å². The number of imidazole rings is 1. The number of fused-ring (bicyclic) bond motifs is 1. The number of allylic oxidation sites excluding steroid dienone is 2. The minimum absolute atomic E-state index is 0.201. The highest BCUT2D eigenvalue weighted by Gasteiger charge is 2.21. The summed E-state index contributed by atoms with van der Waals surface area (Å²) in [6, 6.07) is 11.4. The van der Waals surface area contributed by atoms with E-state index < -0.39 is 0 Å². The third kappa shape index (κ3) is 5.63. The van der Waals surface area contributed by atoms with Crippen molar-refractivity contribution in [2.24, 2.45) is 5.92 Å². The van der Waals surface area contributed by atoms with Crippen molar-refractivity contribution in [2.45, 2.75) is 32.6 Å². The molecule has 1 saturated carbocycles. The monoisotopic (exact) mass is 562 g/mol. The molecule has 6 nitrogen and oxygen atoms in total. The molecule has 0 atom stereocenters. The predicted molar refractivity (Wildman–Crippen MR) is 169 cm³/mol. The molecular weight excluding hydrogens is 531 g/mol. The number of anilines is 2. The predicted octanol–water partition coefficient (Wildman–Crippen LogP) is 8.07. The zero-order valence-electron chi connectivity index (χ0n) is 22.9. The highest BCUT2D eigenvalue weighted by Crippen LogP contribution is 2.36. The Hall–Kier alpha value is -4.74. The van der Waals surface area contributed by atoms with E-state index in [9.17, 15) is 0 Å². The van der Waals surface area contributed by atoms with E-state index in [0.29, 0.717) is 39.8 Å². The van der Waals surface area contributed by atoms with E-state index in [1.165, 1.54) is 6.42 Å². The third-order valence-electron chi connectivity index (χ3n) is 7.31. The van der Waals surface area contributed by atoms with E-state index in [1.807, 2.05) is 19.1 Å². The van der Waals surface area contributed by atoms with Gasteiger partial charge < -0.3 is 16.0 Å². The van der Waals surface area contributed by atoms with Gasteiger partial charge in [-0.1, -0.05) is 19.6 Å². The Kier molecular flexibility index (Phi) is 7.99. The first-order valence-corrected chi connectivity index (χ1v) is 14.1. The van der Waals surface area contributed by atoms with E-state index in [-0.39, 0.29) is 12.2 Å². The molecule has 1 fully saturated rings. The molecule has 4 N–H and O–H groups in total. The average Bonchev–Trinajstić information content (AvgIpc) is 3.59. The second-order valence-electron chi connectivity index (χ2n) is 10.1. The van der Waals surface area contributed by atoms with Crippen molar-refractivity contribution in [3.05, 3.63) is 95.9 Å². The largest absolute Gasteiger partial charge is 0.398 e. The van der Waals surface area contributed by atoms with Crippen molar-refractivity contribution in [1.82, 2.24) is 19.9 Å². The van der Waals surface area contributed by atoms with Crippen LogP contribution in [0.15, 0.2) is 73.8 Å². The van der Waals surface area contributed by atoms with Crippen molar-refractivity contribution in [3.63, 3.8) is 0 Å². The lowest BCUT2D eigenvalue weighted by Gasteiger charge is -2.28. The van der Waals surface area contributed by atoms with Crippen LogP contribution in [0, 0.1) is 24.6 Å². The van der Waals surface area contributed by atoms with Gasteiger partial charge in [0.25, 0.3) is 0 Å². The van der Waals surface area contributed by atoms with E-state index >= 15 is 4.39 Å². The summed E-state index contributed by atoms with van der Waals surface area (Å²) in [5, 5.41) is 3.35. The minimum Gasteiger partial charge on any atom is -0.398 e. The van der Waals surface area contributed by atoms with Crippen LogP contribution >= 0.6 is 11.3 Å². The number of hydrogen-bond donors (Lipinski definition) is 3. The standard InChI is InChI=1S/C31H29FN6S.C2H2/c1-17(2)26-9-10-27(39-26)23-11-12-35-31-30(23)37-28(38-31)14-24-25(33)8-7-22(29(24)32)20-13-21(16-34-15-20)36-18(3)19-5-4-6-19;1-2/h7-13,15-16,19,36H,1,3-6,14,33H2,2H3,(H,35,37,38);1-2H. The first-order valence-electron chi connectivity index (χ1n) is 13.3. The highest BCUT2D eigenvalue weighted by atomic mass is 32.1. The Morgan fingerprint density at radius 1 is 1.15 bits per heavy atom. The fourth-order valence-electron chi connectivity index (χ4n) is 4.87. The van der Waals surface area contributed by atoms with Gasteiger partial charge in [0, 0.05) is 62.2 Å². The zero-order chi connectivity index (χ0) is 29.1. The van der Waals surface area contributed by atoms with Crippen LogP contribution < -0.4 is 11.1 Å². The Bertz CT molecular complexity index is 1780. The average molecular weight is 563 g/mol. The quantitative estimate of drug-likeness (QED) is 0.131. The summed E-state index contributed by atoms with van der Waals surface area (Å²) in [6.07, 6.45) is 16.9. The Balaban J connectivity index is 0.00000165. The number of rotatable bonds is 8. The number of thiophene rings is 1. The lowest BCUT2D eigenvalue weighted by molar-refractivity contribution is 0.371. The number of benzene rings is 1. The number of nitrogens with zero attached hydrogens (tertiary/aromatic N) is 3. The van der Waals surface area contributed by atoms with E-state index in [0.717, 1.165) is 50.6 Å². The number of nitrogen functional groups attached to an aromatic ring is 1. The summed E-state index contributed by atoms with van der Waals surface area (Å²) in [7, 11) is 0. The van der Waals surface area contributed by atoms with E-state index in [1.54, 1.807) is 42.1 Å². The number of pyridine rings is 2. The lowest BCUT2D eigenvalue weighted by Crippen LogP contribution is -2.18. The van der Waals surface area contributed by atoms with Crippen LogP contribution in [0.25, 0.3) is 38.3 Å². The van der Waals surface area contributed by atoms with Crippen LogP contribution in [0.4, 0.5) is 15.8 Å². The smallest absolute Gasteiger partial charge is 0.178 e. The first kappa shape index (κ1) is 27.8. The Labute approximate surface area is 243 Å². The van der Waals surface area contributed by atoms with Gasteiger partial charge in [-0.15, -0.1) is 24.2 Å². The second-order valence-corrected chi connectivity index (χ2v) is 11.2. The number of halogens is 1. The number of aromatic nitrogens is 4. The molecule has 1 aromatic carbocycles. The molecule has 0 saturated heterocycles. The molecule has 4 aromatic heterocycles. The summed E-state index contributed by atoms with van der Waals surface area (Å²) in [5.74, 6) is 0.694. The van der Waals surface area contributed by atoms with Gasteiger partial charge in [-0.3, -0.25) is 4.98 Å². The van der Waals surface area contributed by atoms with Crippen LogP contribution in [0.3, 0.4) is 0 Å². The SMILES string of the molecule is C#C.C=C(C)c1ccc(-c2ccnc3nc(Cc4c(N)ccc(-c5cncc(NC(=C)C6CCC6)c5)c4F)[nH]c23)s1. The van der Waals surface area contributed by atoms with Crippen molar-refractivity contribution in [3.8, 4) is 34.4 Å². The van der Waals surface area contributed by atoms with Gasteiger partial charge in [-0.2, -0.15) is 0 Å². The molecule has 0 bridgehead atoms. The number of hydrogen-bond acceptors (Lipinski definition) is 6. The summed E-state index contributed by atoms with van der Waals surface area (Å²) in [6.45, 7) is 10.2. The van der Waals surface area contributed by atoms with E-state index in [2.05, 4.69) is 63.4 Å². The fourth-order valence-corrected chi connectivity index (χ4v) is 5.83. The molecule has 4 heterocycles. The summed E-state index contributed by atoms with van der Waals surface area (Å²) < 4.78 is 16.0. The maximum atomic E-state index is 16.0. The Morgan fingerprint density at radius 2 is 1.95 bits per heavy atom. The van der Waals surface area contributed by atoms with Crippen LogP contribution in [-0.2, 0) is 6.42 Å². The number of nitrogens with one attached hydrogen (secondary N) is 2. The van der Waals surface area contributed by atoms with Crippen LogP contribution in [0.5, 0.6) is 0 Å². The van der Waals surface area contributed by atoms with Gasteiger partial charge in [0.1, 0.15) is 11.6 Å². The van der Waals surface area contributed by atoms with Crippen molar-refractivity contribution in [2.75, 3.05) is 11.1 Å². The van der Waals surface area contributed by atoms with Gasteiger partial charge in [0.15, 0.2) is 5.65 Å². The van der Waals surface area contributed by atoms with Crippen LogP contribution in [0.2, 0.25) is 0 Å². The number of H-pyrrole nitrogens is 1. The van der Waals surface area contributed by atoms with Crippen LogP contribution in [0.1, 0.15) is 42.5 Å². The molecule has 0 radical (unpaired) electrons. The maximum Gasteiger partial charge on any atom is 0.178 e. The molecule has 206 valence electrons. The molecule has 0 unspecified atom stereocenters. The number of nitrogens with two attached hydrogens (primary N) is 1. The van der Waals surface area contributed by atoms with Crippen LogP contribution in [-0.4, -0.2) is 19.9 Å². The molecular formula is C33H31FN6S. The third-order valence-corrected chi connectivity index (χ3v) is 8.59. The molecule has 1 aliphatic carbocycles. The van der Waals surface area contributed by atoms with Gasteiger partial charge in [0.05, 0.1) is 17.4 Å². The van der Waals surface area contributed by atoms with Gasteiger partial charge in [0.2, 0.25) is 0 Å².